The molecule has 1 fully saturated rings. The molecule has 0 saturated carbocycles. The van der Waals surface area contributed by atoms with Crippen molar-refractivity contribution in [1.29, 1.82) is 0 Å². The summed E-state index contributed by atoms with van der Waals surface area (Å²) in [5.74, 6) is 0.814. The number of thiophene rings is 1. The second-order valence-electron chi connectivity index (χ2n) is 4.61. The molecule has 1 aliphatic heterocycles. The number of halogens is 2. The maximum absolute atomic E-state index is 5.93. The lowest BCUT2D eigenvalue weighted by Gasteiger charge is -2.27. The summed E-state index contributed by atoms with van der Waals surface area (Å²) in [7, 11) is 2.20. The van der Waals surface area contributed by atoms with E-state index in [-0.39, 0.29) is 12.4 Å². The molecule has 1 aliphatic rings. The van der Waals surface area contributed by atoms with Gasteiger partial charge in [0.05, 0.1) is 4.34 Å². The Hall–Kier alpha value is 0.200. The van der Waals surface area contributed by atoms with Crippen LogP contribution >= 0.6 is 35.3 Å². The Morgan fingerprint density at radius 1 is 1.53 bits per heavy atom. The zero-order chi connectivity index (χ0) is 11.4. The van der Waals surface area contributed by atoms with E-state index in [4.69, 9.17) is 11.6 Å². The van der Waals surface area contributed by atoms with E-state index in [1.807, 2.05) is 6.07 Å². The van der Waals surface area contributed by atoms with Gasteiger partial charge in [-0.1, -0.05) is 11.6 Å². The molecule has 0 aliphatic carbocycles. The molecule has 98 valence electrons. The van der Waals surface area contributed by atoms with Crippen LogP contribution in [0.1, 0.15) is 17.7 Å². The second-order valence-corrected chi connectivity index (χ2v) is 6.41. The van der Waals surface area contributed by atoms with Gasteiger partial charge in [-0.2, -0.15) is 0 Å². The van der Waals surface area contributed by atoms with E-state index in [2.05, 4.69) is 23.3 Å². The molecule has 1 aromatic rings. The van der Waals surface area contributed by atoms with E-state index in [1.165, 1.54) is 37.4 Å². The van der Waals surface area contributed by atoms with Crippen LogP contribution in [-0.2, 0) is 6.54 Å². The Bertz CT molecular complexity index is 324. The summed E-state index contributed by atoms with van der Waals surface area (Å²) in [6.45, 7) is 4.58. The Morgan fingerprint density at radius 3 is 2.94 bits per heavy atom. The van der Waals surface area contributed by atoms with Gasteiger partial charge in [-0.05, 0) is 51.0 Å². The molecule has 1 unspecified atom stereocenters. The predicted molar refractivity (Wildman–Crippen MR) is 78.5 cm³/mol. The van der Waals surface area contributed by atoms with Crippen molar-refractivity contribution in [2.24, 2.45) is 5.92 Å². The first kappa shape index (κ1) is 15.3. The molecule has 17 heavy (non-hydrogen) atoms. The summed E-state index contributed by atoms with van der Waals surface area (Å²) in [5, 5.41) is 3.46. The molecule has 0 bridgehead atoms. The smallest absolute Gasteiger partial charge is 0.0931 e. The van der Waals surface area contributed by atoms with Gasteiger partial charge in [-0.15, -0.1) is 23.7 Å². The molecular formula is C12H20Cl2N2S. The number of hydrogen-bond acceptors (Lipinski definition) is 3. The first-order chi connectivity index (χ1) is 7.74. The van der Waals surface area contributed by atoms with Crippen molar-refractivity contribution in [3.63, 3.8) is 0 Å². The number of nitrogens with one attached hydrogen (secondary N) is 1. The highest BCUT2D eigenvalue weighted by atomic mass is 35.5. The van der Waals surface area contributed by atoms with Crippen molar-refractivity contribution in [2.75, 3.05) is 26.7 Å². The Kier molecular flexibility index (Phi) is 6.82. The van der Waals surface area contributed by atoms with Crippen molar-refractivity contribution >= 4 is 35.3 Å². The minimum Gasteiger partial charge on any atom is -0.316 e. The van der Waals surface area contributed by atoms with Crippen molar-refractivity contribution < 1.29 is 0 Å². The fourth-order valence-electron chi connectivity index (χ4n) is 2.29. The number of rotatable bonds is 4. The van der Waals surface area contributed by atoms with Gasteiger partial charge in [0, 0.05) is 18.0 Å². The standard InChI is InChI=1S/C12H19ClN2S.ClH/c1-15(8-10-3-2-6-14-7-10)9-11-4-5-12(13)16-11;/h4-5,10,14H,2-3,6-9H2,1H3;1H. The van der Waals surface area contributed by atoms with Crippen LogP contribution in [0.15, 0.2) is 12.1 Å². The minimum atomic E-state index is 0. The molecule has 1 aromatic heterocycles. The minimum absolute atomic E-state index is 0. The zero-order valence-electron chi connectivity index (χ0n) is 10.1. The monoisotopic (exact) mass is 294 g/mol. The molecular weight excluding hydrogens is 275 g/mol. The Labute approximate surface area is 119 Å². The molecule has 0 spiro atoms. The van der Waals surface area contributed by atoms with Gasteiger partial charge in [0.15, 0.2) is 0 Å². The highest BCUT2D eigenvalue weighted by Crippen LogP contribution is 2.23. The molecule has 5 heteroatoms. The van der Waals surface area contributed by atoms with Crippen LogP contribution in [0.25, 0.3) is 0 Å². The van der Waals surface area contributed by atoms with Crippen LogP contribution in [0.5, 0.6) is 0 Å². The van der Waals surface area contributed by atoms with Crippen molar-refractivity contribution in [1.82, 2.24) is 10.2 Å². The molecule has 1 N–H and O–H groups in total. The van der Waals surface area contributed by atoms with Gasteiger partial charge in [-0.25, -0.2) is 0 Å². The molecule has 0 radical (unpaired) electrons. The van der Waals surface area contributed by atoms with Crippen LogP contribution in [-0.4, -0.2) is 31.6 Å². The fraction of sp³-hybridized carbons (Fsp3) is 0.667. The normalized spacial score (nSPS) is 20.3. The Balaban J connectivity index is 0.00000144. The maximum atomic E-state index is 5.93. The highest BCUT2D eigenvalue weighted by Gasteiger charge is 2.15. The molecule has 2 rings (SSSR count). The lowest BCUT2D eigenvalue weighted by molar-refractivity contribution is 0.239. The van der Waals surface area contributed by atoms with E-state index < -0.39 is 0 Å². The SMILES string of the molecule is CN(Cc1ccc(Cl)s1)CC1CCCNC1.Cl. The zero-order valence-corrected chi connectivity index (χ0v) is 12.5. The average molecular weight is 295 g/mol. The first-order valence-electron chi connectivity index (χ1n) is 5.87. The molecule has 0 aromatic carbocycles. The molecule has 2 heterocycles. The summed E-state index contributed by atoms with van der Waals surface area (Å²) < 4.78 is 0.891. The van der Waals surface area contributed by atoms with E-state index in [9.17, 15) is 0 Å². The first-order valence-corrected chi connectivity index (χ1v) is 7.07. The molecule has 1 atom stereocenters. The summed E-state index contributed by atoms with van der Waals surface area (Å²) in [5.41, 5.74) is 0. The molecule has 1 saturated heterocycles. The molecule has 2 nitrogen and oxygen atoms in total. The third kappa shape index (κ3) is 5.14. The van der Waals surface area contributed by atoms with E-state index in [1.54, 1.807) is 11.3 Å². The van der Waals surface area contributed by atoms with Crippen LogP contribution in [0.3, 0.4) is 0 Å². The van der Waals surface area contributed by atoms with Gasteiger partial charge >= 0.3 is 0 Å². The van der Waals surface area contributed by atoms with Crippen molar-refractivity contribution in [2.45, 2.75) is 19.4 Å². The van der Waals surface area contributed by atoms with Crippen molar-refractivity contribution in [3.8, 4) is 0 Å². The van der Waals surface area contributed by atoms with E-state index in [0.717, 1.165) is 16.8 Å². The van der Waals surface area contributed by atoms with Crippen LogP contribution < -0.4 is 5.32 Å². The topological polar surface area (TPSA) is 15.3 Å². The largest absolute Gasteiger partial charge is 0.316 e. The third-order valence-corrected chi connectivity index (χ3v) is 4.24. The van der Waals surface area contributed by atoms with Crippen LogP contribution in [0, 0.1) is 5.92 Å². The summed E-state index contributed by atoms with van der Waals surface area (Å²) in [6, 6.07) is 4.11. The maximum Gasteiger partial charge on any atom is 0.0931 e. The number of piperidine rings is 1. The van der Waals surface area contributed by atoms with E-state index >= 15 is 0 Å². The van der Waals surface area contributed by atoms with Gasteiger partial charge < -0.3 is 10.2 Å². The van der Waals surface area contributed by atoms with E-state index in [0.29, 0.717) is 0 Å². The van der Waals surface area contributed by atoms with Gasteiger partial charge in [0.2, 0.25) is 0 Å². The lowest BCUT2D eigenvalue weighted by atomic mass is 9.99. The molecule has 0 amide bonds. The number of hydrogen-bond donors (Lipinski definition) is 1. The van der Waals surface area contributed by atoms with Crippen LogP contribution in [0.2, 0.25) is 4.34 Å². The van der Waals surface area contributed by atoms with Crippen LogP contribution in [0.4, 0.5) is 0 Å². The predicted octanol–water partition coefficient (Wildman–Crippen LogP) is 3.25. The Morgan fingerprint density at radius 2 is 2.35 bits per heavy atom. The average Bonchev–Trinajstić information content (AvgIpc) is 2.65. The number of nitrogens with zero attached hydrogens (tertiary/aromatic N) is 1. The summed E-state index contributed by atoms with van der Waals surface area (Å²) in [4.78, 5) is 3.76. The fourth-order valence-corrected chi connectivity index (χ4v) is 3.46. The lowest BCUT2D eigenvalue weighted by Crippen LogP contribution is -2.36. The summed E-state index contributed by atoms with van der Waals surface area (Å²) in [6.07, 6.45) is 2.69. The van der Waals surface area contributed by atoms with Gasteiger partial charge in [0.25, 0.3) is 0 Å². The van der Waals surface area contributed by atoms with Gasteiger partial charge in [0.1, 0.15) is 0 Å². The van der Waals surface area contributed by atoms with Crippen molar-refractivity contribution in [3.05, 3.63) is 21.3 Å². The highest BCUT2D eigenvalue weighted by molar-refractivity contribution is 7.16. The third-order valence-electron chi connectivity index (χ3n) is 3.02. The van der Waals surface area contributed by atoms with Gasteiger partial charge in [-0.3, -0.25) is 0 Å². The quantitative estimate of drug-likeness (QED) is 0.917. The second kappa shape index (κ2) is 7.59. The summed E-state index contributed by atoms with van der Waals surface area (Å²) >= 11 is 7.61.